The molecule has 1 amide bonds. The second kappa shape index (κ2) is 5.95. The molecule has 88 valence electrons. The smallest absolute Gasteiger partial charge is 0.236 e. The van der Waals surface area contributed by atoms with E-state index in [1.54, 1.807) is 0 Å². The minimum atomic E-state index is -0.202. The van der Waals surface area contributed by atoms with Gasteiger partial charge >= 0.3 is 0 Å². The largest absolute Gasteiger partial charge is 0.440 e. The topological polar surface area (TPSA) is 57.8 Å². The van der Waals surface area contributed by atoms with E-state index in [-0.39, 0.29) is 5.91 Å². The van der Waals surface area contributed by atoms with Gasteiger partial charge in [0.15, 0.2) is 5.88 Å². The zero-order valence-electron chi connectivity index (χ0n) is 9.86. The van der Waals surface area contributed by atoms with Crippen LogP contribution < -0.4 is 10.3 Å². The van der Waals surface area contributed by atoms with Crippen LogP contribution in [0.3, 0.4) is 0 Å². The standard InChI is InChI=1S/C11H17N3O2/c1-4-14(5-2)11-7-6-10(16-11)8-12-13-9(3)15/h6-8H,4-5H2,1-3H3,(H,13,15). The van der Waals surface area contributed by atoms with Crippen molar-refractivity contribution in [1.29, 1.82) is 0 Å². The van der Waals surface area contributed by atoms with E-state index >= 15 is 0 Å². The normalized spacial score (nSPS) is 10.7. The summed E-state index contributed by atoms with van der Waals surface area (Å²) < 4.78 is 5.53. The van der Waals surface area contributed by atoms with Crippen LogP contribution in [0.5, 0.6) is 0 Å². The van der Waals surface area contributed by atoms with Crippen LogP contribution >= 0.6 is 0 Å². The second-order valence-electron chi connectivity index (χ2n) is 3.27. The lowest BCUT2D eigenvalue weighted by atomic mass is 10.4. The molecule has 1 N–H and O–H groups in total. The van der Waals surface area contributed by atoms with Gasteiger partial charge < -0.3 is 9.32 Å². The van der Waals surface area contributed by atoms with Gasteiger partial charge in [-0.15, -0.1) is 0 Å². The van der Waals surface area contributed by atoms with Crippen LogP contribution in [0.15, 0.2) is 21.7 Å². The first-order valence-corrected chi connectivity index (χ1v) is 5.31. The second-order valence-corrected chi connectivity index (χ2v) is 3.27. The average Bonchev–Trinajstić information content (AvgIpc) is 2.68. The van der Waals surface area contributed by atoms with Crippen molar-refractivity contribution >= 4 is 18.0 Å². The van der Waals surface area contributed by atoms with Crippen molar-refractivity contribution in [3.05, 3.63) is 17.9 Å². The van der Waals surface area contributed by atoms with Crippen LogP contribution in [0.2, 0.25) is 0 Å². The van der Waals surface area contributed by atoms with Crippen molar-refractivity contribution in [1.82, 2.24) is 5.43 Å². The maximum atomic E-state index is 10.6. The molecule has 1 rings (SSSR count). The Morgan fingerprint density at radius 2 is 2.19 bits per heavy atom. The third kappa shape index (κ3) is 3.42. The molecule has 0 aliphatic rings. The molecule has 16 heavy (non-hydrogen) atoms. The number of amides is 1. The lowest BCUT2D eigenvalue weighted by molar-refractivity contribution is -0.118. The molecule has 0 saturated heterocycles. The van der Waals surface area contributed by atoms with Crippen molar-refractivity contribution in [2.24, 2.45) is 5.10 Å². The molecule has 5 nitrogen and oxygen atoms in total. The van der Waals surface area contributed by atoms with E-state index in [0.29, 0.717) is 5.76 Å². The van der Waals surface area contributed by atoms with Gasteiger partial charge in [-0.25, -0.2) is 5.43 Å². The summed E-state index contributed by atoms with van der Waals surface area (Å²) in [7, 11) is 0. The maximum Gasteiger partial charge on any atom is 0.236 e. The molecule has 1 aromatic heterocycles. The van der Waals surface area contributed by atoms with Crippen LogP contribution in [0.4, 0.5) is 5.88 Å². The molecule has 0 bridgehead atoms. The zero-order chi connectivity index (χ0) is 12.0. The highest BCUT2D eigenvalue weighted by molar-refractivity contribution is 5.79. The van der Waals surface area contributed by atoms with E-state index < -0.39 is 0 Å². The summed E-state index contributed by atoms with van der Waals surface area (Å²) in [6.07, 6.45) is 1.48. The molecule has 5 heteroatoms. The first-order chi connectivity index (χ1) is 7.67. The fourth-order valence-electron chi connectivity index (χ4n) is 1.30. The summed E-state index contributed by atoms with van der Waals surface area (Å²) in [5.41, 5.74) is 2.32. The van der Waals surface area contributed by atoms with Crippen molar-refractivity contribution in [3.8, 4) is 0 Å². The van der Waals surface area contributed by atoms with E-state index in [4.69, 9.17) is 4.42 Å². The SMILES string of the molecule is CCN(CC)c1ccc(C=NNC(C)=O)o1. The monoisotopic (exact) mass is 223 g/mol. The van der Waals surface area contributed by atoms with E-state index in [0.717, 1.165) is 19.0 Å². The molecule has 1 heterocycles. The van der Waals surface area contributed by atoms with E-state index in [9.17, 15) is 4.79 Å². The Balaban J connectivity index is 2.64. The summed E-state index contributed by atoms with van der Waals surface area (Å²) in [5, 5.41) is 3.73. The molecule has 0 radical (unpaired) electrons. The highest BCUT2D eigenvalue weighted by atomic mass is 16.4. The van der Waals surface area contributed by atoms with Crippen molar-refractivity contribution < 1.29 is 9.21 Å². The Labute approximate surface area is 95.1 Å². The van der Waals surface area contributed by atoms with Crippen LogP contribution in [-0.4, -0.2) is 25.2 Å². The zero-order valence-corrected chi connectivity index (χ0v) is 9.86. The molecule has 0 fully saturated rings. The third-order valence-corrected chi connectivity index (χ3v) is 2.10. The van der Waals surface area contributed by atoms with Crippen molar-refractivity contribution in [3.63, 3.8) is 0 Å². The molecule has 0 atom stereocenters. The Bertz CT molecular complexity index is 367. The van der Waals surface area contributed by atoms with Gasteiger partial charge in [-0.1, -0.05) is 0 Å². The molecular formula is C11H17N3O2. The lowest BCUT2D eigenvalue weighted by Gasteiger charge is -2.16. The predicted molar refractivity (Wildman–Crippen MR) is 63.7 cm³/mol. The van der Waals surface area contributed by atoms with Gasteiger partial charge in [0.25, 0.3) is 0 Å². The summed E-state index contributed by atoms with van der Waals surface area (Å²) in [5.74, 6) is 1.23. The summed E-state index contributed by atoms with van der Waals surface area (Å²) in [4.78, 5) is 12.7. The Kier molecular flexibility index (Phi) is 4.57. The van der Waals surface area contributed by atoms with Crippen LogP contribution in [0.25, 0.3) is 0 Å². The van der Waals surface area contributed by atoms with Gasteiger partial charge in [0.1, 0.15) is 5.76 Å². The number of rotatable bonds is 5. The summed E-state index contributed by atoms with van der Waals surface area (Å²) >= 11 is 0. The van der Waals surface area contributed by atoms with Gasteiger partial charge in [-0.05, 0) is 19.9 Å². The molecule has 0 saturated carbocycles. The Morgan fingerprint density at radius 1 is 1.50 bits per heavy atom. The van der Waals surface area contributed by atoms with Crippen LogP contribution in [-0.2, 0) is 4.79 Å². The molecule has 0 unspecified atom stereocenters. The minimum Gasteiger partial charge on any atom is -0.440 e. The Hall–Kier alpha value is -1.78. The number of hydrogen-bond acceptors (Lipinski definition) is 4. The number of hydrogen-bond donors (Lipinski definition) is 1. The highest BCUT2D eigenvalue weighted by Gasteiger charge is 2.05. The number of carbonyl (C=O) groups excluding carboxylic acids is 1. The molecule has 0 aliphatic carbocycles. The van der Waals surface area contributed by atoms with Gasteiger partial charge in [0, 0.05) is 26.1 Å². The fraction of sp³-hybridized carbons (Fsp3) is 0.455. The number of hydrazone groups is 1. The van der Waals surface area contributed by atoms with E-state index in [1.807, 2.05) is 12.1 Å². The fourth-order valence-corrected chi connectivity index (χ4v) is 1.30. The quantitative estimate of drug-likeness (QED) is 0.609. The number of anilines is 1. The van der Waals surface area contributed by atoms with Crippen LogP contribution in [0.1, 0.15) is 26.5 Å². The molecule has 0 aliphatic heterocycles. The first-order valence-electron chi connectivity index (χ1n) is 5.31. The number of nitrogens with zero attached hydrogens (tertiary/aromatic N) is 2. The van der Waals surface area contributed by atoms with Gasteiger partial charge in [0.05, 0.1) is 6.21 Å². The third-order valence-electron chi connectivity index (χ3n) is 2.10. The highest BCUT2D eigenvalue weighted by Crippen LogP contribution is 2.16. The van der Waals surface area contributed by atoms with E-state index in [2.05, 4.69) is 29.3 Å². The minimum absolute atomic E-state index is 0.202. The summed E-state index contributed by atoms with van der Waals surface area (Å²) in [6.45, 7) is 7.33. The molecule has 0 spiro atoms. The number of furan rings is 1. The maximum absolute atomic E-state index is 10.6. The van der Waals surface area contributed by atoms with E-state index in [1.165, 1.54) is 13.1 Å². The van der Waals surface area contributed by atoms with Crippen molar-refractivity contribution in [2.75, 3.05) is 18.0 Å². The van der Waals surface area contributed by atoms with Crippen LogP contribution in [0, 0.1) is 0 Å². The molecular weight excluding hydrogens is 206 g/mol. The molecule has 1 aromatic rings. The van der Waals surface area contributed by atoms with Crippen molar-refractivity contribution in [2.45, 2.75) is 20.8 Å². The van der Waals surface area contributed by atoms with Gasteiger partial charge in [0.2, 0.25) is 5.91 Å². The first kappa shape index (κ1) is 12.3. The van der Waals surface area contributed by atoms with Gasteiger partial charge in [-0.3, -0.25) is 4.79 Å². The number of carbonyl (C=O) groups is 1. The number of nitrogens with one attached hydrogen (secondary N) is 1. The average molecular weight is 223 g/mol. The predicted octanol–water partition coefficient (Wildman–Crippen LogP) is 1.60. The molecule has 0 aromatic carbocycles. The summed E-state index contributed by atoms with van der Waals surface area (Å²) in [6, 6.07) is 3.71. The van der Waals surface area contributed by atoms with Gasteiger partial charge in [-0.2, -0.15) is 5.10 Å². The lowest BCUT2D eigenvalue weighted by Crippen LogP contribution is -2.20. The Morgan fingerprint density at radius 3 is 2.75 bits per heavy atom.